The summed E-state index contributed by atoms with van der Waals surface area (Å²) in [6.45, 7) is 5.69. The number of thioether (sulfide) groups is 1. The third-order valence-corrected chi connectivity index (χ3v) is 6.06. The molecule has 0 radical (unpaired) electrons. The molecule has 0 bridgehead atoms. The highest BCUT2D eigenvalue weighted by molar-refractivity contribution is 7.98. The van der Waals surface area contributed by atoms with Crippen LogP contribution in [-0.4, -0.2) is 65.6 Å². The monoisotopic (exact) mass is 363 g/mol. The predicted molar refractivity (Wildman–Crippen MR) is 109 cm³/mol. The summed E-state index contributed by atoms with van der Waals surface area (Å²) in [5.74, 6) is 3.14. The van der Waals surface area contributed by atoms with Gasteiger partial charge in [-0.3, -0.25) is 4.90 Å². The van der Waals surface area contributed by atoms with Gasteiger partial charge in [-0.15, -0.1) is 0 Å². The van der Waals surface area contributed by atoms with E-state index in [4.69, 9.17) is 4.98 Å². The van der Waals surface area contributed by atoms with Crippen molar-refractivity contribution in [3.63, 3.8) is 0 Å². The second-order valence-electron chi connectivity index (χ2n) is 7.20. The van der Waals surface area contributed by atoms with Crippen LogP contribution in [0.3, 0.4) is 0 Å². The SMILES string of the molecule is CSCCCN1CCCC1CNc1nccc(N2CCCCCC2)n1. The van der Waals surface area contributed by atoms with Crippen LogP contribution in [0.5, 0.6) is 0 Å². The molecule has 1 N–H and O–H groups in total. The zero-order valence-electron chi connectivity index (χ0n) is 15.6. The summed E-state index contributed by atoms with van der Waals surface area (Å²) in [4.78, 5) is 14.3. The molecular weight excluding hydrogens is 330 g/mol. The van der Waals surface area contributed by atoms with Gasteiger partial charge in [-0.1, -0.05) is 12.8 Å². The van der Waals surface area contributed by atoms with E-state index in [2.05, 4.69) is 32.4 Å². The molecule has 1 aromatic rings. The average molecular weight is 364 g/mol. The molecule has 2 aliphatic heterocycles. The van der Waals surface area contributed by atoms with Crippen LogP contribution in [0, 0.1) is 0 Å². The fraction of sp³-hybridized carbons (Fsp3) is 0.789. The van der Waals surface area contributed by atoms with Crippen LogP contribution < -0.4 is 10.2 Å². The molecule has 2 fully saturated rings. The lowest BCUT2D eigenvalue weighted by Gasteiger charge is -2.25. The van der Waals surface area contributed by atoms with Crippen molar-refractivity contribution in [2.24, 2.45) is 0 Å². The molecule has 3 heterocycles. The molecule has 0 spiro atoms. The van der Waals surface area contributed by atoms with E-state index >= 15 is 0 Å². The molecular formula is C19H33N5S. The number of aromatic nitrogens is 2. The Bertz CT molecular complexity index is 504. The molecule has 0 aliphatic carbocycles. The lowest BCUT2D eigenvalue weighted by molar-refractivity contribution is 0.264. The van der Waals surface area contributed by atoms with Gasteiger partial charge in [-0.2, -0.15) is 16.7 Å². The molecule has 2 aliphatic rings. The van der Waals surface area contributed by atoms with E-state index in [1.54, 1.807) is 0 Å². The summed E-state index contributed by atoms with van der Waals surface area (Å²) in [5.41, 5.74) is 0. The lowest BCUT2D eigenvalue weighted by atomic mass is 10.2. The van der Waals surface area contributed by atoms with Crippen molar-refractivity contribution in [2.75, 3.05) is 54.9 Å². The number of rotatable bonds is 8. The first-order chi connectivity index (χ1) is 12.4. The van der Waals surface area contributed by atoms with E-state index in [1.807, 2.05) is 18.0 Å². The van der Waals surface area contributed by atoms with Gasteiger partial charge in [0.05, 0.1) is 0 Å². The van der Waals surface area contributed by atoms with Crippen molar-refractivity contribution in [3.05, 3.63) is 12.3 Å². The Morgan fingerprint density at radius 3 is 2.80 bits per heavy atom. The van der Waals surface area contributed by atoms with Crippen LogP contribution in [0.25, 0.3) is 0 Å². The molecule has 1 unspecified atom stereocenters. The van der Waals surface area contributed by atoms with Crippen LogP contribution in [0.15, 0.2) is 12.3 Å². The molecule has 5 nitrogen and oxygen atoms in total. The van der Waals surface area contributed by atoms with E-state index in [0.717, 1.165) is 31.4 Å². The molecule has 1 atom stereocenters. The zero-order chi connectivity index (χ0) is 17.3. The number of hydrogen-bond acceptors (Lipinski definition) is 6. The molecule has 1 aromatic heterocycles. The maximum atomic E-state index is 4.78. The fourth-order valence-corrected chi connectivity index (χ4v) is 4.37. The lowest BCUT2D eigenvalue weighted by Crippen LogP contribution is -2.36. The number of hydrogen-bond donors (Lipinski definition) is 1. The number of anilines is 2. The Kier molecular flexibility index (Phi) is 7.67. The molecule has 0 saturated carbocycles. The van der Waals surface area contributed by atoms with E-state index in [-0.39, 0.29) is 0 Å². The quantitative estimate of drug-likeness (QED) is 0.713. The molecule has 0 aromatic carbocycles. The molecule has 2 saturated heterocycles. The topological polar surface area (TPSA) is 44.3 Å². The minimum atomic E-state index is 0.632. The van der Waals surface area contributed by atoms with Crippen molar-refractivity contribution in [2.45, 2.75) is 51.0 Å². The van der Waals surface area contributed by atoms with Gasteiger partial charge in [0.2, 0.25) is 5.95 Å². The average Bonchev–Trinajstić information content (AvgIpc) is 2.91. The Balaban J connectivity index is 1.51. The Labute approximate surface area is 157 Å². The van der Waals surface area contributed by atoms with Crippen molar-refractivity contribution in [3.8, 4) is 0 Å². The first-order valence-corrected chi connectivity index (χ1v) is 11.3. The van der Waals surface area contributed by atoms with Gasteiger partial charge in [-0.25, -0.2) is 4.98 Å². The van der Waals surface area contributed by atoms with Crippen molar-refractivity contribution >= 4 is 23.5 Å². The first kappa shape index (κ1) is 18.8. The summed E-state index contributed by atoms with van der Waals surface area (Å²) in [6, 6.07) is 2.69. The van der Waals surface area contributed by atoms with E-state index in [1.165, 1.54) is 63.8 Å². The highest BCUT2D eigenvalue weighted by atomic mass is 32.2. The predicted octanol–water partition coefficient (Wildman–Crippen LogP) is 3.49. The normalized spacial score (nSPS) is 22.1. The molecule has 140 valence electrons. The van der Waals surface area contributed by atoms with Crippen LogP contribution in [0.2, 0.25) is 0 Å². The second-order valence-corrected chi connectivity index (χ2v) is 8.18. The van der Waals surface area contributed by atoms with Gasteiger partial charge in [-0.05, 0) is 63.3 Å². The zero-order valence-corrected chi connectivity index (χ0v) is 16.4. The van der Waals surface area contributed by atoms with Gasteiger partial charge in [0.15, 0.2) is 0 Å². The third kappa shape index (κ3) is 5.74. The first-order valence-electron chi connectivity index (χ1n) is 9.91. The number of nitrogens with one attached hydrogen (secondary N) is 1. The summed E-state index contributed by atoms with van der Waals surface area (Å²) >= 11 is 1.95. The van der Waals surface area contributed by atoms with Crippen LogP contribution in [0.4, 0.5) is 11.8 Å². The highest BCUT2D eigenvalue weighted by Crippen LogP contribution is 2.20. The smallest absolute Gasteiger partial charge is 0.224 e. The maximum absolute atomic E-state index is 4.78. The minimum absolute atomic E-state index is 0.632. The maximum Gasteiger partial charge on any atom is 0.224 e. The summed E-state index contributed by atoms with van der Waals surface area (Å²) in [5, 5.41) is 3.51. The van der Waals surface area contributed by atoms with Gasteiger partial charge >= 0.3 is 0 Å². The van der Waals surface area contributed by atoms with Crippen molar-refractivity contribution in [1.82, 2.24) is 14.9 Å². The Hall–Kier alpha value is -1.01. The van der Waals surface area contributed by atoms with Gasteiger partial charge in [0.25, 0.3) is 0 Å². The summed E-state index contributed by atoms with van der Waals surface area (Å²) < 4.78 is 0. The molecule has 6 heteroatoms. The largest absolute Gasteiger partial charge is 0.356 e. The summed E-state index contributed by atoms with van der Waals surface area (Å²) in [7, 11) is 0. The standard InChI is InChI=1S/C19H33N5S/c1-25-15-7-14-23-13-6-8-17(23)16-21-19-20-10-9-18(22-19)24-11-4-2-3-5-12-24/h9-10,17H,2-8,11-16H2,1H3,(H,20,21,22). The number of nitrogens with zero attached hydrogens (tertiary/aromatic N) is 4. The van der Waals surface area contributed by atoms with Crippen molar-refractivity contribution < 1.29 is 0 Å². The highest BCUT2D eigenvalue weighted by Gasteiger charge is 2.23. The van der Waals surface area contributed by atoms with Gasteiger partial charge in [0.1, 0.15) is 5.82 Å². The van der Waals surface area contributed by atoms with E-state index < -0.39 is 0 Å². The number of likely N-dealkylation sites (tertiary alicyclic amines) is 1. The molecule has 0 amide bonds. The van der Waals surface area contributed by atoms with Crippen LogP contribution in [-0.2, 0) is 0 Å². The van der Waals surface area contributed by atoms with Crippen LogP contribution in [0.1, 0.15) is 44.9 Å². The van der Waals surface area contributed by atoms with E-state index in [9.17, 15) is 0 Å². The molecule has 25 heavy (non-hydrogen) atoms. The van der Waals surface area contributed by atoms with Crippen molar-refractivity contribution in [1.29, 1.82) is 0 Å². The van der Waals surface area contributed by atoms with Gasteiger partial charge < -0.3 is 10.2 Å². The second kappa shape index (κ2) is 10.2. The van der Waals surface area contributed by atoms with Crippen LogP contribution >= 0.6 is 11.8 Å². The Morgan fingerprint density at radius 1 is 1.16 bits per heavy atom. The summed E-state index contributed by atoms with van der Waals surface area (Å²) in [6.07, 6.45) is 13.2. The molecule has 3 rings (SSSR count). The van der Waals surface area contributed by atoms with Gasteiger partial charge in [0, 0.05) is 31.9 Å². The third-order valence-electron chi connectivity index (χ3n) is 5.36. The fourth-order valence-electron chi connectivity index (χ4n) is 3.95. The Morgan fingerprint density at radius 2 is 2.00 bits per heavy atom. The minimum Gasteiger partial charge on any atom is -0.356 e. The van der Waals surface area contributed by atoms with E-state index in [0.29, 0.717) is 6.04 Å².